The summed E-state index contributed by atoms with van der Waals surface area (Å²) in [6, 6.07) is 4.76. The first-order valence-electron chi connectivity index (χ1n) is 7.54. The molecule has 2 heterocycles. The summed E-state index contributed by atoms with van der Waals surface area (Å²) in [4.78, 5) is 26.4. The van der Waals surface area contributed by atoms with Crippen molar-refractivity contribution in [3.63, 3.8) is 0 Å². The van der Waals surface area contributed by atoms with Gasteiger partial charge in [0.15, 0.2) is 5.69 Å². The van der Waals surface area contributed by atoms with Crippen LogP contribution in [0.25, 0.3) is 0 Å². The fourth-order valence-corrected chi connectivity index (χ4v) is 2.68. The normalized spacial score (nSPS) is 17.7. The zero-order chi connectivity index (χ0) is 17.1. The number of aromatic nitrogens is 3. The lowest BCUT2D eigenvalue weighted by Gasteiger charge is -2.34. The molecule has 0 spiro atoms. The highest BCUT2D eigenvalue weighted by molar-refractivity contribution is 5.97. The number of carbonyl (C=O) groups excluding carboxylic acids is 2. The molecule has 24 heavy (non-hydrogen) atoms. The smallest absolute Gasteiger partial charge is 0.277 e. The van der Waals surface area contributed by atoms with Crippen LogP contribution < -0.4 is 11.1 Å². The van der Waals surface area contributed by atoms with E-state index >= 15 is 0 Å². The molecule has 2 amide bonds. The molecule has 2 aromatic rings. The predicted molar refractivity (Wildman–Crippen MR) is 82.3 cm³/mol. The Hall–Kier alpha value is -2.81. The number of carbonyl (C=O) groups is 2. The number of nitrogens with one attached hydrogen (secondary N) is 1. The van der Waals surface area contributed by atoms with Gasteiger partial charge in [-0.15, -0.1) is 5.10 Å². The molecule has 3 N–H and O–H groups in total. The van der Waals surface area contributed by atoms with Crippen LogP contribution in [0, 0.1) is 5.82 Å². The summed E-state index contributed by atoms with van der Waals surface area (Å²) in [5.74, 6) is -1.25. The maximum absolute atomic E-state index is 13.5. The molecule has 3 rings (SSSR count). The van der Waals surface area contributed by atoms with Crippen LogP contribution >= 0.6 is 0 Å². The SMILES string of the molecule is NCCn1cc(C(=O)N2CCNC(=O)[C@@H]2c2cccc(F)c2)nn1. The highest BCUT2D eigenvalue weighted by Gasteiger charge is 2.35. The lowest BCUT2D eigenvalue weighted by atomic mass is 10.0. The molecule has 0 bridgehead atoms. The van der Waals surface area contributed by atoms with Crippen LogP contribution in [0.2, 0.25) is 0 Å². The van der Waals surface area contributed by atoms with E-state index in [0.29, 0.717) is 31.7 Å². The summed E-state index contributed by atoms with van der Waals surface area (Å²) < 4.78 is 15.0. The molecule has 0 unspecified atom stereocenters. The van der Waals surface area contributed by atoms with E-state index in [1.165, 1.54) is 34.0 Å². The topological polar surface area (TPSA) is 106 Å². The number of amides is 2. The molecule has 126 valence electrons. The van der Waals surface area contributed by atoms with Gasteiger partial charge in [0.05, 0.1) is 12.7 Å². The first-order valence-corrected chi connectivity index (χ1v) is 7.54. The molecule has 1 atom stereocenters. The van der Waals surface area contributed by atoms with Crippen molar-refractivity contribution in [3.8, 4) is 0 Å². The summed E-state index contributed by atoms with van der Waals surface area (Å²) in [5.41, 5.74) is 5.98. The average molecular weight is 332 g/mol. The van der Waals surface area contributed by atoms with E-state index in [0.717, 1.165) is 0 Å². The van der Waals surface area contributed by atoms with Gasteiger partial charge in [0.1, 0.15) is 11.9 Å². The summed E-state index contributed by atoms with van der Waals surface area (Å²) in [6.45, 7) is 1.44. The third-order valence-corrected chi connectivity index (χ3v) is 3.75. The molecule has 0 radical (unpaired) electrons. The van der Waals surface area contributed by atoms with E-state index in [1.807, 2.05) is 0 Å². The van der Waals surface area contributed by atoms with Gasteiger partial charge >= 0.3 is 0 Å². The Balaban J connectivity index is 1.90. The Labute approximate surface area is 137 Å². The summed E-state index contributed by atoms with van der Waals surface area (Å²) in [7, 11) is 0. The van der Waals surface area contributed by atoms with Crippen LogP contribution in [-0.4, -0.2) is 51.3 Å². The molecule has 0 aliphatic carbocycles. The zero-order valence-electron chi connectivity index (χ0n) is 12.9. The molecule has 1 aromatic carbocycles. The number of benzene rings is 1. The Morgan fingerprint density at radius 3 is 3.04 bits per heavy atom. The maximum atomic E-state index is 13.5. The second-order valence-corrected chi connectivity index (χ2v) is 5.40. The number of nitrogens with two attached hydrogens (primary N) is 1. The van der Waals surface area contributed by atoms with Crippen molar-refractivity contribution in [1.29, 1.82) is 0 Å². The predicted octanol–water partition coefficient (Wildman–Crippen LogP) is -0.311. The van der Waals surface area contributed by atoms with Crippen molar-refractivity contribution in [2.24, 2.45) is 5.73 Å². The van der Waals surface area contributed by atoms with Crippen molar-refractivity contribution in [2.45, 2.75) is 12.6 Å². The van der Waals surface area contributed by atoms with Gasteiger partial charge in [0.2, 0.25) is 5.91 Å². The van der Waals surface area contributed by atoms with Gasteiger partial charge in [-0.1, -0.05) is 17.3 Å². The van der Waals surface area contributed by atoms with E-state index in [9.17, 15) is 14.0 Å². The Bertz CT molecular complexity index is 762. The molecule has 1 aliphatic heterocycles. The van der Waals surface area contributed by atoms with Crippen LogP contribution in [0.4, 0.5) is 4.39 Å². The molecule has 1 saturated heterocycles. The maximum Gasteiger partial charge on any atom is 0.277 e. The fraction of sp³-hybridized carbons (Fsp3) is 0.333. The van der Waals surface area contributed by atoms with Crippen LogP contribution in [0.1, 0.15) is 22.1 Å². The molecule has 1 aromatic heterocycles. The number of hydrogen-bond acceptors (Lipinski definition) is 5. The summed E-state index contributed by atoms with van der Waals surface area (Å²) in [5, 5.41) is 10.4. The Morgan fingerprint density at radius 2 is 2.29 bits per heavy atom. The number of rotatable bonds is 4. The number of nitrogens with zero attached hydrogens (tertiary/aromatic N) is 4. The van der Waals surface area contributed by atoms with Crippen molar-refractivity contribution >= 4 is 11.8 Å². The van der Waals surface area contributed by atoms with E-state index in [2.05, 4.69) is 15.6 Å². The second kappa shape index (κ2) is 6.75. The molecule has 9 heteroatoms. The minimum Gasteiger partial charge on any atom is -0.352 e. The largest absolute Gasteiger partial charge is 0.352 e. The van der Waals surface area contributed by atoms with E-state index in [-0.39, 0.29) is 11.6 Å². The molecule has 0 saturated carbocycles. The third-order valence-electron chi connectivity index (χ3n) is 3.75. The molecule has 1 fully saturated rings. The first kappa shape index (κ1) is 16.1. The van der Waals surface area contributed by atoms with E-state index in [4.69, 9.17) is 5.73 Å². The van der Waals surface area contributed by atoms with E-state index in [1.54, 1.807) is 6.07 Å². The van der Waals surface area contributed by atoms with Crippen molar-refractivity contribution < 1.29 is 14.0 Å². The highest BCUT2D eigenvalue weighted by Crippen LogP contribution is 2.25. The average Bonchev–Trinajstić information content (AvgIpc) is 3.03. The summed E-state index contributed by atoms with van der Waals surface area (Å²) in [6.07, 6.45) is 1.49. The number of halogens is 1. The number of piperazine rings is 1. The lowest BCUT2D eigenvalue weighted by molar-refractivity contribution is -0.128. The molecule has 8 nitrogen and oxygen atoms in total. The lowest BCUT2D eigenvalue weighted by Crippen LogP contribution is -2.52. The third kappa shape index (κ3) is 3.11. The minimum atomic E-state index is -0.901. The first-order chi connectivity index (χ1) is 11.6. The van der Waals surface area contributed by atoms with Crippen molar-refractivity contribution in [3.05, 3.63) is 47.5 Å². The van der Waals surface area contributed by atoms with E-state index < -0.39 is 17.8 Å². The van der Waals surface area contributed by atoms with Crippen LogP contribution in [0.15, 0.2) is 30.5 Å². The Morgan fingerprint density at radius 1 is 1.46 bits per heavy atom. The van der Waals surface area contributed by atoms with Gasteiger partial charge in [0, 0.05) is 19.6 Å². The summed E-state index contributed by atoms with van der Waals surface area (Å²) >= 11 is 0. The molecular formula is C15H17FN6O2. The molecular weight excluding hydrogens is 315 g/mol. The van der Waals surface area contributed by atoms with Crippen LogP contribution in [0.5, 0.6) is 0 Å². The van der Waals surface area contributed by atoms with Gasteiger partial charge in [-0.25, -0.2) is 4.39 Å². The standard InChI is InChI=1S/C15H17FN6O2/c16-11-3-1-2-10(8-11)13-14(23)18-5-7-22(13)15(24)12-9-21(6-4-17)20-19-12/h1-3,8-9,13H,4-7,17H2,(H,18,23)/t13-/m0/s1. The van der Waals surface area contributed by atoms with Gasteiger partial charge in [-0.3, -0.25) is 14.3 Å². The highest BCUT2D eigenvalue weighted by atomic mass is 19.1. The monoisotopic (exact) mass is 332 g/mol. The van der Waals surface area contributed by atoms with Crippen LogP contribution in [0.3, 0.4) is 0 Å². The van der Waals surface area contributed by atoms with Crippen molar-refractivity contribution in [1.82, 2.24) is 25.2 Å². The van der Waals surface area contributed by atoms with Gasteiger partial charge < -0.3 is 16.0 Å². The quantitative estimate of drug-likeness (QED) is 0.799. The van der Waals surface area contributed by atoms with Crippen molar-refractivity contribution in [2.75, 3.05) is 19.6 Å². The number of hydrogen-bond donors (Lipinski definition) is 2. The second-order valence-electron chi connectivity index (χ2n) is 5.40. The van der Waals surface area contributed by atoms with Gasteiger partial charge in [0.25, 0.3) is 5.91 Å². The van der Waals surface area contributed by atoms with Crippen LogP contribution in [-0.2, 0) is 11.3 Å². The fourth-order valence-electron chi connectivity index (χ4n) is 2.68. The van der Waals surface area contributed by atoms with Gasteiger partial charge in [-0.2, -0.15) is 0 Å². The molecule has 1 aliphatic rings. The zero-order valence-corrected chi connectivity index (χ0v) is 12.9. The van der Waals surface area contributed by atoms with Gasteiger partial charge in [-0.05, 0) is 17.7 Å². The minimum absolute atomic E-state index is 0.125. The Kier molecular flexibility index (Phi) is 4.52.